The first-order valence-corrected chi connectivity index (χ1v) is 24.7. The zero-order valence-electron chi connectivity index (χ0n) is 41.2. The van der Waals surface area contributed by atoms with E-state index in [1.807, 2.05) is 59.3 Å². The van der Waals surface area contributed by atoms with E-state index in [0.29, 0.717) is 11.9 Å². The van der Waals surface area contributed by atoms with E-state index in [0.717, 1.165) is 116 Å². The van der Waals surface area contributed by atoms with E-state index in [-0.39, 0.29) is 46.9 Å². The molecule has 2 amide bonds. The minimum Gasteiger partial charge on any atom is -0.381 e. The number of nitrogens with two attached hydrogens (primary N) is 2. The van der Waals surface area contributed by atoms with Gasteiger partial charge in [-0.2, -0.15) is 0 Å². The summed E-state index contributed by atoms with van der Waals surface area (Å²) < 4.78 is 11.3. The molecule has 4 spiro atoms. The van der Waals surface area contributed by atoms with Crippen molar-refractivity contribution < 1.29 is 19.1 Å². The second-order valence-electron chi connectivity index (χ2n) is 20.6. The Hall–Kier alpha value is -5.90. The van der Waals surface area contributed by atoms with Crippen LogP contribution in [0.5, 0.6) is 0 Å². The molecule has 0 saturated heterocycles. The molecule has 2 aliphatic heterocycles. The van der Waals surface area contributed by atoms with Gasteiger partial charge in [0.1, 0.15) is 0 Å². The Bertz CT molecular complexity index is 2740. The fraction of sp³-hybridized carbons (Fsp3) is 0.500. The van der Waals surface area contributed by atoms with Crippen molar-refractivity contribution in [2.75, 3.05) is 14.2 Å². The van der Waals surface area contributed by atoms with Gasteiger partial charge in [0.05, 0.1) is 12.2 Å². The number of amides is 2. The number of hydrogen-bond acceptors (Lipinski definition) is 10. The van der Waals surface area contributed by atoms with Crippen LogP contribution in [0.25, 0.3) is 22.3 Å². The average molecular weight is 917 g/mol. The third-order valence-corrected chi connectivity index (χ3v) is 16.2. The lowest BCUT2D eigenvalue weighted by atomic mass is 9.61. The molecular weight excluding hydrogens is 849 g/mol. The van der Waals surface area contributed by atoms with Crippen LogP contribution in [0.15, 0.2) is 83.3 Å². The largest absolute Gasteiger partial charge is 0.381 e. The molecule has 356 valence electrons. The molecule has 6 aliphatic rings. The molecule has 4 aliphatic carbocycles. The molecule has 4 aromatic rings. The van der Waals surface area contributed by atoms with Crippen LogP contribution >= 0.6 is 0 Å². The van der Waals surface area contributed by atoms with E-state index in [9.17, 15) is 9.59 Å². The van der Waals surface area contributed by atoms with Gasteiger partial charge in [-0.1, -0.05) is 43.5 Å². The summed E-state index contributed by atoms with van der Waals surface area (Å²) >= 11 is 0. The fourth-order valence-electron chi connectivity index (χ4n) is 12.9. The molecule has 68 heavy (non-hydrogen) atoms. The summed E-state index contributed by atoms with van der Waals surface area (Å²) in [5.41, 5.74) is 21.0. The van der Waals surface area contributed by atoms with Gasteiger partial charge in [0.2, 0.25) is 0 Å². The Balaban J connectivity index is 0.000000170. The summed E-state index contributed by atoms with van der Waals surface area (Å²) in [6.45, 7) is 12.0. The van der Waals surface area contributed by atoms with Gasteiger partial charge in [-0.3, -0.25) is 29.4 Å². The highest BCUT2D eigenvalue weighted by atomic mass is 16.5. The van der Waals surface area contributed by atoms with Crippen molar-refractivity contribution in [2.24, 2.45) is 32.3 Å². The Morgan fingerprint density at radius 3 is 1.53 bits per heavy atom. The number of hydrogen-bond donors (Lipinski definition) is 2. The van der Waals surface area contributed by atoms with Crippen LogP contribution in [0.2, 0.25) is 0 Å². The zero-order valence-corrected chi connectivity index (χ0v) is 41.2. The summed E-state index contributed by atoms with van der Waals surface area (Å²) in [5.74, 6) is 6.73. The van der Waals surface area contributed by atoms with Crippen LogP contribution < -0.4 is 11.5 Å². The number of fused-ring (bicyclic) bond motifs is 6. The Morgan fingerprint density at radius 2 is 1.12 bits per heavy atom. The van der Waals surface area contributed by atoms with Gasteiger partial charge in [-0.05, 0) is 168 Å². The molecule has 0 bridgehead atoms. The normalized spacial score (nSPS) is 28.0. The van der Waals surface area contributed by atoms with Gasteiger partial charge in [0.15, 0.2) is 23.0 Å². The maximum absolute atomic E-state index is 14.2. The maximum atomic E-state index is 14.2. The second kappa shape index (κ2) is 18.2. The minimum absolute atomic E-state index is 0.00971. The molecule has 4 heterocycles. The van der Waals surface area contributed by atoms with Gasteiger partial charge in [-0.25, -0.2) is 9.98 Å². The maximum Gasteiger partial charge on any atom is 0.262 e. The Kier molecular flexibility index (Phi) is 12.6. The van der Waals surface area contributed by atoms with Crippen LogP contribution in [0, 0.1) is 22.7 Å². The second-order valence-corrected chi connectivity index (χ2v) is 20.6. The predicted octanol–water partition coefficient (Wildman–Crippen LogP) is 8.61. The number of pyridine rings is 2. The summed E-state index contributed by atoms with van der Waals surface area (Å²) in [4.78, 5) is 50.8. The average Bonchev–Trinajstić information content (AvgIpc) is 3.97. The molecule has 2 aromatic carbocycles. The SMILES string of the molecule is CC#Cc1cncc(-c2ccc3c(c2)C2(N=C(N)N(C(C)C)C2=O)C2(CCC(OC)CC2)C3)c1.CCCc1cncc(-c2ccc3c(c2)C2(N=C(N)N(C(C)C)C2=O)C2(CCC(OC)CC2)C3)c1. The topological polar surface area (TPSA) is 162 Å². The third-order valence-electron chi connectivity index (χ3n) is 16.2. The molecule has 2 saturated carbocycles. The van der Waals surface area contributed by atoms with E-state index in [1.54, 1.807) is 30.2 Å². The standard InChI is InChI=1S/C28H36N4O2.C28H32N4O2/c2*1-5-6-19-13-22(17-30-16-19)20-7-8-21-15-27(11-9-23(34-4)10-12-27)28(24(21)14-20)25(33)32(18(2)3)26(29)31-28/h7-8,13-14,16-18,23H,5-6,9-12,15H2,1-4H3,(H2,29,31);7-8,13-14,16-18,23H,9-12,15H2,1-4H3,(H2,29,31). The quantitative estimate of drug-likeness (QED) is 0.166. The lowest BCUT2D eigenvalue weighted by Gasteiger charge is -2.45. The first-order valence-electron chi connectivity index (χ1n) is 24.7. The third kappa shape index (κ3) is 7.43. The summed E-state index contributed by atoms with van der Waals surface area (Å²) in [7, 11) is 3.56. The van der Waals surface area contributed by atoms with Crippen LogP contribution in [-0.2, 0) is 49.4 Å². The van der Waals surface area contributed by atoms with E-state index in [4.69, 9.17) is 30.9 Å². The molecule has 12 heteroatoms. The lowest BCUT2D eigenvalue weighted by molar-refractivity contribution is -0.140. The molecule has 4 N–H and O–H groups in total. The molecule has 0 radical (unpaired) electrons. The van der Waals surface area contributed by atoms with Gasteiger partial charge in [0.25, 0.3) is 11.8 Å². The number of rotatable bonds is 8. The predicted molar refractivity (Wildman–Crippen MR) is 267 cm³/mol. The summed E-state index contributed by atoms with van der Waals surface area (Å²) in [6, 6.07) is 17.2. The van der Waals surface area contributed by atoms with Crippen LogP contribution in [0.3, 0.4) is 0 Å². The summed E-state index contributed by atoms with van der Waals surface area (Å²) in [5, 5.41) is 0. The van der Waals surface area contributed by atoms with Crippen molar-refractivity contribution in [3.8, 4) is 34.1 Å². The van der Waals surface area contributed by atoms with Gasteiger partial charge in [-0.15, -0.1) is 5.92 Å². The first-order chi connectivity index (χ1) is 32.7. The van der Waals surface area contributed by atoms with Crippen molar-refractivity contribution in [3.05, 3.63) is 107 Å². The molecular formula is C56H68N8O4. The van der Waals surface area contributed by atoms with Crippen molar-refractivity contribution in [1.29, 1.82) is 0 Å². The number of methoxy groups -OCH3 is 2. The summed E-state index contributed by atoms with van der Waals surface area (Å²) in [6.07, 6.45) is 19.0. The number of guanidine groups is 2. The number of nitrogens with zero attached hydrogens (tertiary/aromatic N) is 6. The smallest absolute Gasteiger partial charge is 0.262 e. The highest BCUT2D eigenvalue weighted by Crippen LogP contribution is 2.64. The molecule has 2 aromatic heterocycles. The minimum atomic E-state index is -0.986. The van der Waals surface area contributed by atoms with Crippen LogP contribution in [-0.4, -0.2) is 82.0 Å². The highest BCUT2D eigenvalue weighted by molar-refractivity contribution is 6.10. The monoisotopic (exact) mass is 917 g/mol. The number of aryl methyl sites for hydroxylation is 1. The fourth-order valence-corrected chi connectivity index (χ4v) is 12.9. The number of carbonyl (C=O) groups excluding carboxylic acids is 2. The Labute approximate surface area is 402 Å². The van der Waals surface area contributed by atoms with E-state index in [1.165, 1.54) is 16.7 Å². The van der Waals surface area contributed by atoms with Crippen LogP contribution in [0.1, 0.15) is 133 Å². The van der Waals surface area contributed by atoms with Crippen molar-refractivity contribution in [2.45, 2.75) is 154 Å². The van der Waals surface area contributed by atoms with Crippen LogP contribution in [0.4, 0.5) is 0 Å². The molecule has 2 fully saturated rings. The van der Waals surface area contributed by atoms with Gasteiger partial charge < -0.3 is 20.9 Å². The molecule has 2 atom stereocenters. The highest BCUT2D eigenvalue weighted by Gasteiger charge is 2.68. The van der Waals surface area contributed by atoms with E-state index in [2.05, 4.69) is 71.2 Å². The number of benzene rings is 2. The van der Waals surface area contributed by atoms with Gasteiger partial charge in [0, 0.05) is 78.6 Å². The number of carbonyl (C=O) groups is 2. The Morgan fingerprint density at radius 1 is 0.662 bits per heavy atom. The lowest BCUT2D eigenvalue weighted by Crippen LogP contribution is -2.53. The molecule has 12 nitrogen and oxygen atoms in total. The number of ether oxygens (including phenoxy) is 2. The van der Waals surface area contributed by atoms with Crippen molar-refractivity contribution in [3.63, 3.8) is 0 Å². The number of aliphatic imine (C=N–C) groups is 2. The number of aromatic nitrogens is 2. The van der Waals surface area contributed by atoms with Crippen molar-refractivity contribution >= 4 is 23.7 Å². The van der Waals surface area contributed by atoms with E-state index >= 15 is 0 Å². The first kappa shape index (κ1) is 47.2. The van der Waals surface area contributed by atoms with Gasteiger partial charge >= 0.3 is 0 Å². The molecule has 2 unspecified atom stereocenters. The molecule has 10 rings (SSSR count). The van der Waals surface area contributed by atoms with Crippen molar-refractivity contribution in [1.82, 2.24) is 19.8 Å². The zero-order chi connectivity index (χ0) is 48.2. The van der Waals surface area contributed by atoms with E-state index < -0.39 is 11.1 Å².